The fraction of sp³-hybridized carbons (Fsp3) is 0.278. The maximum atomic E-state index is 12.7. The topological polar surface area (TPSA) is 75.7 Å². The number of nitrogens with zero attached hydrogens (tertiary/aromatic N) is 1. The van der Waals surface area contributed by atoms with Crippen LogP contribution in [-0.4, -0.2) is 33.2 Å². The van der Waals surface area contributed by atoms with Crippen molar-refractivity contribution in [1.82, 2.24) is 0 Å². The first kappa shape index (κ1) is 18.5. The molecule has 1 atom stereocenters. The molecule has 2 aromatic carbocycles. The van der Waals surface area contributed by atoms with Crippen molar-refractivity contribution in [2.75, 3.05) is 22.4 Å². The summed E-state index contributed by atoms with van der Waals surface area (Å²) >= 11 is 5.97. The van der Waals surface area contributed by atoms with Gasteiger partial charge in [-0.25, -0.2) is 8.42 Å². The van der Waals surface area contributed by atoms with Gasteiger partial charge in [-0.1, -0.05) is 17.7 Å². The highest BCUT2D eigenvalue weighted by molar-refractivity contribution is 7.92. The first-order valence-corrected chi connectivity index (χ1v) is 10.2. The van der Waals surface area contributed by atoms with E-state index in [9.17, 15) is 13.2 Å². The zero-order chi connectivity index (χ0) is 19.1. The van der Waals surface area contributed by atoms with E-state index in [0.717, 1.165) is 21.7 Å². The maximum Gasteiger partial charge on any atom is 0.267 e. The van der Waals surface area contributed by atoms with Gasteiger partial charge in [0.25, 0.3) is 5.91 Å². The Morgan fingerprint density at radius 3 is 2.46 bits per heavy atom. The van der Waals surface area contributed by atoms with Gasteiger partial charge in [0, 0.05) is 10.7 Å². The number of hydrogen-bond acceptors (Lipinski definition) is 4. The number of amides is 1. The molecule has 0 spiro atoms. The van der Waals surface area contributed by atoms with Crippen molar-refractivity contribution in [1.29, 1.82) is 0 Å². The van der Waals surface area contributed by atoms with Crippen LogP contribution in [0.5, 0.6) is 5.75 Å². The molecule has 0 fully saturated rings. The van der Waals surface area contributed by atoms with Crippen molar-refractivity contribution < 1.29 is 17.9 Å². The van der Waals surface area contributed by atoms with E-state index in [-0.39, 0.29) is 6.54 Å². The number of nitrogens with one attached hydrogen (secondary N) is 1. The maximum absolute atomic E-state index is 12.7. The fourth-order valence-corrected chi connectivity index (χ4v) is 4.02. The molecule has 0 bridgehead atoms. The molecule has 1 heterocycles. The summed E-state index contributed by atoms with van der Waals surface area (Å²) in [7, 11) is -3.59. The van der Waals surface area contributed by atoms with Gasteiger partial charge < -0.3 is 10.1 Å². The molecule has 1 aliphatic rings. The van der Waals surface area contributed by atoms with E-state index in [1.165, 1.54) is 6.07 Å². The van der Waals surface area contributed by atoms with E-state index in [2.05, 4.69) is 5.32 Å². The second-order valence-corrected chi connectivity index (χ2v) is 8.72. The molecular weight excluding hydrogens is 376 g/mol. The van der Waals surface area contributed by atoms with Gasteiger partial charge in [0.05, 0.1) is 18.5 Å². The number of sulfonamides is 1. The fourth-order valence-electron chi connectivity index (χ4n) is 2.94. The second-order valence-electron chi connectivity index (χ2n) is 6.38. The van der Waals surface area contributed by atoms with Crippen molar-refractivity contribution >= 4 is 38.9 Å². The molecule has 0 aliphatic carbocycles. The molecule has 26 heavy (non-hydrogen) atoms. The third kappa shape index (κ3) is 3.94. The Morgan fingerprint density at radius 2 is 1.85 bits per heavy atom. The van der Waals surface area contributed by atoms with E-state index in [0.29, 0.717) is 22.1 Å². The highest BCUT2D eigenvalue weighted by atomic mass is 35.5. The smallest absolute Gasteiger partial charge is 0.267 e. The molecule has 0 saturated heterocycles. The number of fused-ring (bicyclic) bond motifs is 1. The van der Waals surface area contributed by atoms with E-state index < -0.39 is 22.0 Å². The summed E-state index contributed by atoms with van der Waals surface area (Å²) in [5.74, 6) is -0.115. The van der Waals surface area contributed by atoms with E-state index >= 15 is 0 Å². The minimum atomic E-state index is -3.59. The molecule has 0 unspecified atom stereocenters. The predicted octanol–water partition coefficient (Wildman–Crippen LogP) is 3.12. The lowest BCUT2D eigenvalue weighted by Gasteiger charge is -2.34. The van der Waals surface area contributed by atoms with Crippen LogP contribution in [-0.2, 0) is 14.8 Å². The minimum Gasteiger partial charge on any atom is -0.476 e. The van der Waals surface area contributed by atoms with Crippen LogP contribution in [0.15, 0.2) is 36.4 Å². The van der Waals surface area contributed by atoms with Crippen LogP contribution in [0.4, 0.5) is 11.4 Å². The van der Waals surface area contributed by atoms with Gasteiger partial charge >= 0.3 is 0 Å². The number of ether oxygens (including phenoxy) is 1. The van der Waals surface area contributed by atoms with E-state index in [4.69, 9.17) is 16.3 Å². The molecule has 1 aliphatic heterocycles. The van der Waals surface area contributed by atoms with Crippen molar-refractivity contribution in [2.24, 2.45) is 0 Å². The Bertz CT molecular complexity index is 955. The van der Waals surface area contributed by atoms with Crippen molar-refractivity contribution in [3.05, 3.63) is 52.5 Å². The van der Waals surface area contributed by atoms with Crippen molar-refractivity contribution in [3.8, 4) is 5.75 Å². The van der Waals surface area contributed by atoms with Gasteiger partial charge in [0.1, 0.15) is 5.75 Å². The SMILES string of the molecule is Cc1cc(C)cc(NC(=O)[C@H]2CN(S(C)(=O)=O)c3cc(Cl)ccc3O2)c1. The molecule has 1 N–H and O–H groups in total. The Hall–Kier alpha value is -2.25. The summed E-state index contributed by atoms with van der Waals surface area (Å²) < 4.78 is 31.2. The second kappa shape index (κ2) is 6.81. The number of anilines is 2. The summed E-state index contributed by atoms with van der Waals surface area (Å²) in [6, 6.07) is 10.3. The normalized spacial score (nSPS) is 16.6. The number of rotatable bonds is 3. The lowest BCUT2D eigenvalue weighted by atomic mass is 10.1. The number of carbonyl (C=O) groups excluding carboxylic acids is 1. The first-order chi connectivity index (χ1) is 12.1. The summed E-state index contributed by atoms with van der Waals surface area (Å²) in [6.07, 6.45) is 0.112. The van der Waals surface area contributed by atoms with Gasteiger partial charge in [0.15, 0.2) is 6.10 Å². The number of aryl methyl sites for hydroxylation is 2. The molecule has 8 heteroatoms. The van der Waals surface area contributed by atoms with Crippen molar-refractivity contribution in [3.63, 3.8) is 0 Å². The third-order valence-electron chi connectivity index (χ3n) is 3.97. The average Bonchev–Trinajstić information content (AvgIpc) is 2.51. The number of carbonyl (C=O) groups is 1. The summed E-state index contributed by atoms with van der Waals surface area (Å²) in [5.41, 5.74) is 3.00. The number of benzene rings is 2. The van der Waals surface area contributed by atoms with E-state index in [1.807, 2.05) is 32.0 Å². The summed E-state index contributed by atoms with van der Waals surface area (Å²) in [6.45, 7) is 3.75. The average molecular weight is 395 g/mol. The number of hydrogen-bond donors (Lipinski definition) is 1. The Balaban J connectivity index is 1.89. The molecule has 0 radical (unpaired) electrons. The van der Waals surface area contributed by atoms with Crippen LogP contribution in [0.2, 0.25) is 5.02 Å². The molecule has 1 amide bonds. The van der Waals surface area contributed by atoms with Gasteiger partial charge in [-0.2, -0.15) is 0 Å². The molecule has 0 saturated carbocycles. The zero-order valence-electron chi connectivity index (χ0n) is 14.6. The van der Waals surface area contributed by atoms with Gasteiger partial charge in [0.2, 0.25) is 10.0 Å². The van der Waals surface area contributed by atoms with Crippen LogP contribution in [0.1, 0.15) is 11.1 Å². The van der Waals surface area contributed by atoms with Crippen LogP contribution in [0, 0.1) is 13.8 Å². The lowest BCUT2D eigenvalue weighted by Crippen LogP contribution is -2.48. The van der Waals surface area contributed by atoms with Crippen molar-refractivity contribution in [2.45, 2.75) is 20.0 Å². The van der Waals surface area contributed by atoms with Crippen LogP contribution in [0.3, 0.4) is 0 Å². The quantitative estimate of drug-likeness (QED) is 0.867. The monoisotopic (exact) mass is 394 g/mol. The highest BCUT2D eigenvalue weighted by Gasteiger charge is 2.35. The number of halogens is 1. The van der Waals surface area contributed by atoms with Crippen LogP contribution < -0.4 is 14.4 Å². The van der Waals surface area contributed by atoms with Gasteiger partial charge in [-0.15, -0.1) is 0 Å². The highest BCUT2D eigenvalue weighted by Crippen LogP contribution is 2.37. The van der Waals surface area contributed by atoms with Gasteiger partial charge in [-0.05, 0) is 55.3 Å². The molecule has 138 valence electrons. The Morgan fingerprint density at radius 1 is 1.19 bits per heavy atom. The molecule has 6 nitrogen and oxygen atoms in total. The largest absolute Gasteiger partial charge is 0.476 e. The molecular formula is C18H19ClN2O4S. The third-order valence-corrected chi connectivity index (χ3v) is 5.35. The van der Waals surface area contributed by atoms with E-state index in [1.54, 1.807) is 12.1 Å². The standard InChI is InChI=1S/C18H19ClN2O4S/c1-11-6-12(2)8-14(7-11)20-18(22)17-10-21(26(3,23)24)15-9-13(19)4-5-16(15)25-17/h4-9,17H,10H2,1-3H3,(H,20,22)/t17-/m1/s1. The summed E-state index contributed by atoms with van der Waals surface area (Å²) in [5, 5.41) is 3.18. The lowest BCUT2D eigenvalue weighted by molar-refractivity contribution is -0.122. The predicted molar refractivity (Wildman–Crippen MR) is 103 cm³/mol. The Kier molecular flexibility index (Phi) is 4.86. The minimum absolute atomic E-state index is 0.122. The van der Waals surface area contributed by atoms with Gasteiger partial charge in [-0.3, -0.25) is 9.10 Å². The zero-order valence-corrected chi connectivity index (χ0v) is 16.2. The van der Waals surface area contributed by atoms with Crippen LogP contribution in [0.25, 0.3) is 0 Å². The summed E-state index contributed by atoms with van der Waals surface area (Å²) in [4.78, 5) is 12.7. The molecule has 0 aromatic heterocycles. The van der Waals surface area contributed by atoms with Crippen LogP contribution >= 0.6 is 11.6 Å². The first-order valence-electron chi connectivity index (χ1n) is 7.96. The Labute approximate surface area is 157 Å². The molecule has 3 rings (SSSR count). The molecule has 2 aromatic rings.